The van der Waals surface area contributed by atoms with E-state index in [0.717, 1.165) is 0 Å². The summed E-state index contributed by atoms with van der Waals surface area (Å²) in [5, 5.41) is 0. The van der Waals surface area contributed by atoms with E-state index in [-0.39, 0.29) is 0 Å². The molecule has 0 unspecified atom stereocenters. The summed E-state index contributed by atoms with van der Waals surface area (Å²) in [6.07, 6.45) is 0. The molecule has 0 amide bonds. The Morgan fingerprint density at radius 1 is 0.250 bits per heavy atom. The first-order chi connectivity index (χ1) is 13.6. The van der Waals surface area contributed by atoms with Gasteiger partial charge in [-0.05, 0) is 27.7 Å². The molecule has 0 aliphatic carbocycles. The fourth-order valence-corrected chi connectivity index (χ4v) is 2.14. The highest BCUT2D eigenvalue weighted by atomic mass is 13.8. The maximum atomic E-state index is 2.08. The summed E-state index contributed by atoms with van der Waals surface area (Å²) in [5.74, 6) is 0. The lowest BCUT2D eigenvalue weighted by Crippen LogP contribution is -1.62. The van der Waals surface area contributed by atoms with Crippen LogP contribution in [0.5, 0.6) is 0 Å². The third kappa shape index (κ3) is 13.1. The van der Waals surface area contributed by atoms with Gasteiger partial charge in [0.25, 0.3) is 0 Å². The van der Waals surface area contributed by atoms with Crippen LogP contribution >= 0.6 is 0 Å². The Balaban J connectivity index is 0.000000187. The van der Waals surface area contributed by atoms with Crippen LogP contribution in [0.3, 0.4) is 0 Å². The second-order valence-electron chi connectivity index (χ2n) is 6.62. The number of aryl methyl sites for hydroxylation is 4. The fraction of sp³-hybridized carbons (Fsp3) is 0.143. The highest BCUT2D eigenvalue weighted by Crippen LogP contribution is 1.94. The van der Waals surface area contributed by atoms with E-state index in [2.05, 4.69) is 76.2 Å². The third-order valence-electron chi connectivity index (χ3n) is 3.76. The summed E-state index contributed by atoms with van der Waals surface area (Å²) in [5.41, 5.74) is 5.29. The van der Waals surface area contributed by atoms with Crippen molar-refractivity contribution in [3.63, 3.8) is 0 Å². The summed E-state index contributed by atoms with van der Waals surface area (Å²) in [6, 6.07) is 41.0. The Morgan fingerprint density at radius 3 is 0.464 bits per heavy atom. The smallest absolute Gasteiger partial charge is 0.0398 e. The van der Waals surface area contributed by atoms with Gasteiger partial charge in [0.05, 0.1) is 0 Å². The zero-order valence-electron chi connectivity index (χ0n) is 17.5. The van der Waals surface area contributed by atoms with E-state index < -0.39 is 0 Å². The van der Waals surface area contributed by atoms with Crippen molar-refractivity contribution in [2.75, 3.05) is 0 Å². The molecule has 0 nitrogen and oxygen atoms in total. The van der Waals surface area contributed by atoms with Gasteiger partial charge >= 0.3 is 0 Å². The average molecular weight is 369 g/mol. The molecule has 0 aromatic heterocycles. The molecule has 4 aromatic rings. The molecule has 4 aromatic carbocycles. The molecular weight excluding hydrogens is 336 g/mol. The van der Waals surface area contributed by atoms with Crippen molar-refractivity contribution in [2.24, 2.45) is 0 Å². The van der Waals surface area contributed by atoms with Gasteiger partial charge in [0.15, 0.2) is 0 Å². The molecule has 144 valence electrons. The molecule has 0 fully saturated rings. The summed E-state index contributed by atoms with van der Waals surface area (Å²) in [7, 11) is 0. The van der Waals surface area contributed by atoms with Crippen molar-refractivity contribution in [3.8, 4) is 0 Å². The van der Waals surface area contributed by atoms with E-state index in [4.69, 9.17) is 0 Å². The molecule has 0 N–H and O–H groups in total. The van der Waals surface area contributed by atoms with E-state index in [1.807, 2.05) is 72.8 Å². The van der Waals surface area contributed by atoms with E-state index in [0.29, 0.717) is 0 Å². The van der Waals surface area contributed by atoms with Crippen molar-refractivity contribution in [1.29, 1.82) is 0 Å². The van der Waals surface area contributed by atoms with E-state index in [1.54, 1.807) is 0 Å². The third-order valence-corrected chi connectivity index (χ3v) is 3.76. The van der Waals surface area contributed by atoms with Crippen LogP contribution in [0.4, 0.5) is 0 Å². The van der Waals surface area contributed by atoms with Gasteiger partial charge in [0, 0.05) is 0 Å². The molecule has 0 saturated heterocycles. The molecule has 0 saturated carbocycles. The predicted molar refractivity (Wildman–Crippen MR) is 125 cm³/mol. The monoisotopic (exact) mass is 368 g/mol. The number of rotatable bonds is 0. The zero-order valence-corrected chi connectivity index (χ0v) is 17.5. The van der Waals surface area contributed by atoms with Gasteiger partial charge in [-0.1, -0.05) is 144 Å². The molecular formula is C28H32. The molecule has 0 heterocycles. The van der Waals surface area contributed by atoms with E-state index >= 15 is 0 Å². The first-order valence-electron chi connectivity index (χ1n) is 9.64. The number of benzene rings is 4. The molecule has 0 aliphatic heterocycles. The van der Waals surface area contributed by atoms with Crippen molar-refractivity contribution < 1.29 is 0 Å². The van der Waals surface area contributed by atoms with Crippen molar-refractivity contribution in [2.45, 2.75) is 27.7 Å². The van der Waals surface area contributed by atoms with E-state index in [9.17, 15) is 0 Å². The van der Waals surface area contributed by atoms with Crippen LogP contribution in [-0.2, 0) is 0 Å². The first-order valence-corrected chi connectivity index (χ1v) is 9.64. The van der Waals surface area contributed by atoms with Gasteiger partial charge < -0.3 is 0 Å². The normalized spacial score (nSPS) is 8.71. The lowest BCUT2D eigenvalue weighted by molar-refractivity contribution is 1.48. The van der Waals surface area contributed by atoms with Crippen LogP contribution in [0.1, 0.15) is 22.3 Å². The molecule has 0 aliphatic rings. The molecule has 4 rings (SSSR count). The SMILES string of the molecule is Cc1ccccc1.Cc1ccccc1.Cc1ccccc1.Cc1ccccc1. The van der Waals surface area contributed by atoms with Crippen molar-refractivity contribution in [3.05, 3.63) is 144 Å². The summed E-state index contributed by atoms with van der Waals surface area (Å²) in [6.45, 7) is 8.33. The van der Waals surface area contributed by atoms with Gasteiger partial charge in [-0.15, -0.1) is 0 Å². The Hall–Kier alpha value is -3.12. The van der Waals surface area contributed by atoms with Gasteiger partial charge in [-0.3, -0.25) is 0 Å². The van der Waals surface area contributed by atoms with Crippen LogP contribution < -0.4 is 0 Å². The van der Waals surface area contributed by atoms with Crippen molar-refractivity contribution >= 4 is 0 Å². The van der Waals surface area contributed by atoms with Crippen LogP contribution in [0.15, 0.2) is 121 Å². The zero-order chi connectivity index (χ0) is 20.5. The maximum absolute atomic E-state index is 2.08. The summed E-state index contributed by atoms with van der Waals surface area (Å²) >= 11 is 0. The molecule has 0 heteroatoms. The maximum Gasteiger partial charge on any atom is -0.0398 e. The molecule has 0 atom stereocenters. The quantitative estimate of drug-likeness (QED) is 0.295. The minimum atomic E-state index is 1.32. The van der Waals surface area contributed by atoms with Crippen LogP contribution in [-0.4, -0.2) is 0 Å². The number of hydrogen-bond acceptors (Lipinski definition) is 0. The second kappa shape index (κ2) is 15.0. The standard InChI is InChI=1S/4C7H8/c4*1-7-5-3-2-4-6-7/h4*2-6H,1H3. The largest absolute Gasteiger partial charge is 0.0622 e. The number of hydrogen-bond donors (Lipinski definition) is 0. The topological polar surface area (TPSA) is 0 Å². The Morgan fingerprint density at radius 2 is 0.393 bits per heavy atom. The minimum Gasteiger partial charge on any atom is -0.0622 e. The van der Waals surface area contributed by atoms with Gasteiger partial charge in [0.2, 0.25) is 0 Å². The molecule has 0 radical (unpaired) electrons. The van der Waals surface area contributed by atoms with Gasteiger partial charge in [-0.2, -0.15) is 0 Å². The molecule has 0 spiro atoms. The average Bonchev–Trinajstić information content (AvgIpc) is 2.72. The first kappa shape index (κ1) is 22.9. The molecule has 28 heavy (non-hydrogen) atoms. The summed E-state index contributed by atoms with van der Waals surface area (Å²) < 4.78 is 0. The van der Waals surface area contributed by atoms with Crippen LogP contribution in [0, 0.1) is 27.7 Å². The van der Waals surface area contributed by atoms with Gasteiger partial charge in [0.1, 0.15) is 0 Å². The lowest BCUT2D eigenvalue weighted by Gasteiger charge is -1.82. The summed E-state index contributed by atoms with van der Waals surface area (Å²) in [4.78, 5) is 0. The minimum absolute atomic E-state index is 1.32. The highest BCUT2D eigenvalue weighted by molar-refractivity contribution is 5.13. The fourth-order valence-electron chi connectivity index (χ4n) is 2.14. The van der Waals surface area contributed by atoms with Crippen LogP contribution in [0.2, 0.25) is 0 Å². The van der Waals surface area contributed by atoms with Crippen molar-refractivity contribution in [1.82, 2.24) is 0 Å². The predicted octanol–water partition coefficient (Wildman–Crippen LogP) is 7.98. The van der Waals surface area contributed by atoms with E-state index in [1.165, 1.54) is 22.3 Å². The second-order valence-corrected chi connectivity index (χ2v) is 6.62. The lowest BCUT2D eigenvalue weighted by atomic mass is 10.2. The molecule has 0 bridgehead atoms. The van der Waals surface area contributed by atoms with Gasteiger partial charge in [-0.25, -0.2) is 0 Å². The van der Waals surface area contributed by atoms with Crippen LogP contribution in [0.25, 0.3) is 0 Å². The Bertz CT molecular complexity index is 670. The highest BCUT2D eigenvalue weighted by Gasteiger charge is 1.74. The Labute approximate surface area is 171 Å². The Kier molecular flexibility index (Phi) is 12.3.